The Morgan fingerprint density at radius 2 is 2.38 bits per heavy atom. The average Bonchev–Trinajstić information content (AvgIpc) is 2.65. The van der Waals surface area contributed by atoms with Crippen molar-refractivity contribution in [2.24, 2.45) is 0 Å². The van der Waals surface area contributed by atoms with Gasteiger partial charge in [-0.3, -0.25) is 9.89 Å². The number of amides is 1. The van der Waals surface area contributed by atoms with Crippen LogP contribution in [0.25, 0.3) is 0 Å². The van der Waals surface area contributed by atoms with E-state index >= 15 is 0 Å². The Morgan fingerprint density at radius 1 is 1.56 bits per heavy atom. The highest BCUT2D eigenvalue weighted by molar-refractivity contribution is 5.97. The smallest absolute Gasteiger partial charge is 0.245 e. The Kier molecular flexibility index (Phi) is 2.96. The van der Waals surface area contributed by atoms with Gasteiger partial charge in [0.25, 0.3) is 0 Å². The first-order valence-corrected chi connectivity index (χ1v) is 5.69. The van der Waals surface area contributed by atoms with Crippen LogP contribution in [-0.2, 0) is 4.79 Å². The summed E-state index contributed by atoms with van der Waals surface area (Å²) in [5, 5.41) is 12.9. The van der Waals surface area contributed by atoms with Gasteiger partial charge in [0.15, 0.2) is 5.82 Å². The van der Waals surface area contributed by atoms with Crippen LogP contribution in [0.4, 0.5) is 5.82 Å². The summed E-state index contributed by atoms with van der Waals surface area (Å²) >= 11 is 0. The standard InChI is InChI=1S/C11H18N4O/c1-8-7-9(15-14-8)13-10(16)11(2)5-3-4-6-12-11/h7,12H,3-6H2,1-2H3,(H2,13,14,15,16). The summed E-state index contributed by atoms with van der Waals surface area (Å²) in [7, 11) is 0. The molecule has 1 amide bonds. The molecule has 1 aliphatic rings. The highest BCUT2D eigenvalue weighted by atomic mass is 16.2. The molecule has 1 aromatic rings. The quantitative estimate of drug-likeness (QED) is 0.704. The highest BCUT2D eigenvalue weighted by Crippen LogP contribution is 2.20. The highest BCUT2D eigenvalue weighted by Gasteiger charge is 2.34. The topological polar surface area (TPSA) is 69.8 Å². The lowest BCUT2D eigenvalue weighted by Gasteiger charge is -2.33. The van der Waals surface area contributed by atoms with Gasteiger partial charge in [-0.2, -0.15) is 5.10 Å². The molecule has 0 saturated carbocycles. The first-order valence-electron chi connectivity index (χ1n) is 5.69. The molecule has 0 spiro atoms. The number of aromatic amines is 1. The van der Waals surface area contributed by atoms with Gasteiger partial charge < -0.3 is 10.6 Å². The minimum absolute atomic E-state index is 0.00120. The molecule has 2 rings (SSSR count). The number of carbonyl (C=O) groups is 1. The molecule has 5 heteroatoms. The molecule has 1 unspecified atom stereocenters. The Bertz CT molecular complexity index is 379. The van der Waals surface area contributed by atoms with Gasteiger partial charge in [0, 0.05) is 11.8 Å². The minimum Gasteiger partial charge on any atom is -0.308 e. The van der Waals surface area contributed by atoms with Crippen molar-refractivity contribution in [1.29, 1.82) is 0 Å². The van der Waals surface area contributed by atoms with Crippen molar-refractivity contribution < 1.29 is 4.79 Å². The average molecular weight is 222 g/mol. The van der Waals surface area contributed by atoms with Gasteiger partial charge in [-0.25, -0.2) is 0 Å². The summed E-state index contributed by atoms with van der Waals surface area (Å²) in [6.45, 7) is 4.76. The van der Waals surface area contributed by atoms with Crippen LogP contribution in [0.2, 0.25) is 0 Å². The summed E-state index contributed by atoms with van der Waals surface area (Å²) in [5.41, 5.74) is 0.488. The minimum atomic E-state index is -0.453. The van der Waals surface area contributed by atoms with E-state index in [-0.39, 0.29) is 5.91 Å². The zero-order chi connectivity index (χ0) is 11.6. The summed E-state index contributed by atoms with van der Waals surface area (Å²) in [6, 6.07) is 1.82. The summed E-state index contributed by atoms with van der Waals surface area (Å²) < 4.78 is 0. The summed E-state index contributed by atoms with van der Waals surface area (Å²) in [6.07, 6.45) is 3.11. The van der Waals surface area contributed by atoms with E-state index in [2.05, 4.69) is 20.8 Å². The molecule has 5 nitrogen and oxygen atoms in total. The van der Waals surface area contributed by atoms with E-state index < -0.39 is 5.54 Å². The van der Waals surface area contributed by atoms with Gasteiger partial charge in [0.1, 0.15) is 0 Å². The number of hydrogen-bond donors (Lipinski definition) is 3. The van der Waals surface area contributed by atoms with Gasteiger partial charge in [-0.15, -0.1) is 0 Å². The molecule has 0 aliphatic carbocycles. The number of aryl methyl sites for hydroxylation is 1. The lowest BCUT2D eigenvalue weighted by Crippen LogP contribution is -2.54. The van der Waals surface area contributed by atoms with Crippen LogP contribution in [0.5, 0.6) is 0 Å². The van der Waals surface area contributed by atoms with E-state index in [0.29, 0.717) is 5.82 Å². The Balaban J connectivity index is 2.01. The number of piperidine rings is 1. The molecule has 1 saturated heterocycles. The van der Waals surface area contributed by atoms with Crippen molar-refractivity contribution in [3.63, 3.8) is 0 Å². The molecule has 2 heterocycles. The Labute approximate surface area is 95.0 Å². The Morgan fingerprint density at radius 3 is 2.94 bits per heavy atom. The second-order valence-electron chi connectivity index (χ2n) is 4.61. The van der Waals surface area contributed by atoms with Crippen LogP contribution in [0, 0.1) is 6.92 Å². The number of anilines is 1. The third-order valence-electron chi connectivity index (χ3n) is 3.07. The molecule has 1 atom stereocenters. The maximum absolute atomic E-state index is 12.1. The molecule has 1 fully saturated rings. The molecular weight excluding hydrogens is 204 g/mol. The lowest BCUT2D eigenvalue weighted by atomic mass is 9.90. The van der Waals surface area contributed by atoms with Crippen LogP contribution >= 0.6 is 0 Å². The summed E-state index contributed by atoms with van der Waals surface area (Å²) in [5.74, 6) is 0.592. The fourth-order valence-electron chi connectivity index (χ4n) is 1.99. The molecule has 16 heavy (non-hydrogen) atoms. The lowest BCUT2D eigenvalue weighted by molar-refractivity contribution is -0.122. The van der Waals surface area contributed by atoms with Crippen LogP contribution in [-0.4, -0.2) is 28.2 Å². The van der Waals surface area contributed by atoms with E-state index in [9.17, 15) is 4.79 Å². The predicted molar refractivity (Wildman–Crippen MR) is 62.2 cm³/mol. The Hall–Kier alpha value is -1.36. The van der Waals surface area contributed by atoms with Gasteiger partial charge in [0.2, 0.25) is 5.91 Å². The van der Waals surface area contributed by atoms with Crippen molar-refractivity contribution in [2.45, 2.75) is 38.6 Å². The number of nitrogens with zero attached hydrogens (tertiary/aromatic N) is 1. The van der Waals surface area contributed by atoms with Gasteiger partial charge in [0.05, 0.1) is 5.54 Å². The maximum atomic E-state index is 12.1. The third kappa shape index (κ3) is 2.24. The molecule has 0 bridgehead atoms. The van der Waals surface area contributed by atoms with Gasteiger partial charge in [-0.05, 0) is 39.7 Å². The molecule has 0 aromatic carbocycles. The number of rotatable bonds is 2. The first kappa shape index (κ1) is 11.1. The monoisotopic (exact) mass is 222 g/mol. The van der Waals surface area contributed by atoms with Crippen molar-refractivity contribution in [2.75, 3.05) is 11.9 Å². The van der Waals surface area contributed by atoms with Crippen LogP contribution in [0.1, 0.15) is 31.9 Å². The van der Waals surface area contributed by atoms with Crippen molar-refractivity contribution >= 4 is 11.7 Å². The third-order valence-corrected chi connectivity index (χ3v) is 3.07. The van der Waals surface area contributed by atoms with E-state index in [1.165, 1.54) is 0 Å². The second-order valence-corrected chi connectivity index (χ2v) is 4.61. The van der Waals surface area contributed by atoms with Crippen LogP contribution in [0.3, 0.4) is 0 Å². The van der Waals surface area contributed by atoms with Crippen LogP contribution in [0.15, 0.2) is 6.07 Å². The molecule has 3 N–H and O–H groups in total. The number of nitrogens with one attached hydrogen (secondary N) is 3. The fraction of sp³-hybridized carbons (Fsp3) is 0.636. The van der Waals surface area contributed by atoms with E-state index in [4.69, 9.17) is 0 Å². The molecule has 0 radical (unpaired) electrons. The number of carbonyl (C=O) groups excluding carboxylic acids is 1. The SMILES string of the molecule is Cc1cc(NC(=O)C2(C)CCCCN2)n[nH]1. The molecule has 1 aromatic heterocycles. The molecular formula is C11H18N4O. The second kappa shape index (κ2) is 4.25. The van der Waals surface area contributed by atoms with E-state index in [1.807, 2.05) is 19.9 Å². The van der Waals surface area contributed by atoms with E-state index in [1.54, 1.807) is 0 Å². The zero-order valence-corrected chi connectivity index (χ0v) is 9.76. The largest absolute Gasteiger partial charge is 0.308 e. The van der Waals surface area contributed by atoms with Crippen molar-refractivity contribution in [3.05, 3.63) is 11.8 Å². The predicted octanol–water partition coefficient (Wildman–Crippen LogP) is 1.19. The van der Waals surface area contributed by atoms with Crippen molar-refractivity contribution in [3.8, 4) is 0 Å². The first-order chi connectivity index (χ1) is 7.60. The van der Waals surface area contributed by atoms with Gasteiger partial charge in [-0.1, -0.05) is 0 Å². The zero-order valence-electron chi connectivity index (χ0n) is 9.76. The van der Waals surface area contributed by atoms with Gasteiger partial charge >= 0.3 is 0 Å². The fourth-order valence-corrected chi connectivity index (χ4v) is 1.99. The summed E-state index contributed by atoms with van der Waals surface area (Å²) in [4.78, 5) is 12.1. The maximum Gasteiger partial charge on any atom is 0.245 e. The molecule has 1 aliphatic heterocycles. The normalized spacial score (nSPS) is 25.4. The van der Waals surface area contributed by atoms with E-state index in [0.717, 1.165) is 31.5 Å². The number of aromatic nitrogens is 2. The number of H-pyrrole nitrogens is 1. The van der Waals surface area contributed by atoms with Crippen LogP contribution < -0.4 is 10.6 Å². The number of hydrogen-bond acceptors (Lipinski definition) is 3. The molecule has 88 valence electrons. The van der Waals surface area contributed by atoms with Crippen molar-refractivity contribution in [1.82, 2.24) is 15.5 Å².